The second kappa shape index (κ2) is 7.64. The van der Waals surface area contributed by atoms with Crippen LogP contribution in [0.15, 0.2) is 67.0 Å². The number of nitrogens with one attached hydrogen (secondary N) is 1. The highest BCUT2D eigenvalue weighted by atomic mass is 16.3. The van der Waals surface area contributed by atoms with Crippen molar-refractivity contribution in [3.8, 4) is 22.5 Å². The van der Waals surface area contributed by atoms with E-state index in [9.17, 15) is 5.11 Å². The largest absolute Gasteiger partial charge is 0.393 e. The summed E-state index contributed by atoms with van der Waals surface area (Å²) in [4.78, 5) is 9.37. The van der Waals surface area contributed by atoms with Crippen LogP contribution in [0.4, 0.5) is 5.82 Å². The maximum Gasteiger partial charge on any atom is 0.156 e. The lowest BCUT2D eigenvalue weighted by atomic mass is 9.93. The fourth-order valence-electron chi connectivity index (χ4n) is 4.01. The highest BCUT2D eigenvalue weighted by Gasteiger charge is 2.23. The number of hydrogen-bond acceptors (Lipinski definition) is 5. The maximum atomic E-state index is 9.81. The number of hydrogen-bond donors (Lipinski definition) is 2. The summed E-state index contributed by atoms with van der Waals surface area (Å²) in [7, 11) is 0. The van der Waals surface area contributed by atoms with Gasteiger partial charge in [-0.05, 0) is 49.9 Å². The first-order valence-corrected chi connectivity index (χ1v) is 10.1. The molecular formula is C23H23N5O. The predicted molar refractivity (Wildman–Crippen MR) is 114 cm³/mol. The fourth-order valence-corrected chi connectivity index (χ4v) is 4.01. The molecule has 0 aliphatic heterocycles. The zero-order chi connectivity index (χ0) is 19.6. The van der Waals surface area contributed by atoms with E-state index in [1.165, 1.54) is 0 Å². The second-order valence-electron chi connectivity index (χ2n) is 7.55. The lowest BCUT2D eigenvalue weighted by Crippen LogP contribution is -2.28. The number of fused-ring (bicyclic) bond motifs is 1. The number of imidazole rings is 1. The van der Waals surface area contributed by atoms with Crippen LogP contribution >= 0.6 is 0 Å². The third-order valence-corrected chi connectivity index (χ3v) is 5.53. The maximum absolute atomic E-state index is 9.81. The van der Waals surface area contributed by atoms with E-state index in [1.54, 1.807) is 6.20 Å². The van der Waals surface area contributed by atoms with Crippen molar-refractivity contribution in [1.29, 1.82) is 0 Å². The molecule has 0 amide bonds. The second-order valence-corrected chi connectivity index (χ2v) is 7.55. The van der Waals surface area contributed by atoms with Gasteiger partial charge in [0.25, 0.3) is 0 Å². The number of aliphatic hydroxyl groups excluding tert-OH is 1. The summed E-state index contributed by atoms with van der Waals surface area (Å²) in [5.74, 6) is 0.829. The van der Waals surface area contributed by atoms with Crippen molar-refractivity contribution in [3.63, 3.8) is 0 Å². The standard InChI is InChI=1S/C23H23N5O/c29-19-10-8-18(9-11-19)26-23-22(28-21(27-23)7-4-13-25-28)17-12-14-24-20(15-17)16-5-2-1-3-6-16/h1-7,12-15,18-19,26,29H,8-11H2. The molecule has 1 aliphatic carbocycles. The van der Waals surface area contributed by atoms with Gasteiger partial charge in [0, 0.05) is 29.6 Å². The average molecular weight is 385 g/mol. The van der Waals surface area contributed by atoms with Crippen LogP contribution in [0.3, 0.4) is 0 Å². The quantitative estimate of drug-likeness (QED) is 0.551. The van der Waals surface area contributed by atoms with Gasteiger partial charge in [-0.25, -0.2) is 9.50 Å². The summed E-state index contributed by atoms with van der Waals surface area (Å²) >= 11 is 0. The number of pyridine rings is 1. The van der Waals surface area contributed by atoms with Crippen LogP contribution in [0.1, 0.15) is 25.7 Å². The number of nitrogens with zero attached hydrogens (tertiary/aromatic N) is 4. The Balaban J connectivity index is 1.57. The molecule has 5 rings (SSSR count). The zero-order valence-electron chi connectivity index (χ0n) is 16.1. The summed E-state index contributed by atoms with van der Waals surface area (Å²) in [6.07, 6.45) is 6.96. The van der Waals surface area contributed by atoms with Crippen molar-refractivity contribution in [3.05, 3.63) is 67.0 Å². The van der Waals surface area contributed by atoms with Gasteiger partial charge in [-0.1, -0.05) is 30.3 Å². The Hall–Kier alpha value is -3.25. The molecule has 1 fully saturated rings. The van der Waals surface area contributed by atoms with Gasteiger partial charge >= 0.3 is 0 Å². The van der Waals surface area contributed by atoms with Gasteiger partial charge in [0.15, 0.2) is 11.5 Å². The molecule has 6 heteroatoms. The molecule has 0 atom stereocenters. The van der Waals surface area contributed by atoms with Crippen molar-refractivity contribution < 1.29 is 5.11 Å². The van der Waals surface area contributed by atoms with E-state index in [1.807, 2.05) is 47.1 Å². The molecule has 6 nitrogen and oxygen atoms in total. The van der Waals surface area contributed by atoms with Crippen molar-refractivity contribution in [2.45, 2.75) is 37.8 Å². The first-order valence-electron chi connectivity index (χ1n) is 10.1. The molecule has 0 unspecified atom stereocenters. The van der Waals surface area contributed by atoms with Gasteiger partial charge in [0.05, 0.1) is 11.8 Å². The van der Waals surface area contributed by atoms with Crippen LogP contribution in [0, 0.1) is 0 Å². The molecule has 3 aromatic heterocycles. The smallest absolute Gasteiger partial charge is 0.156 e. The van der Waals surface area contributed by atoms with Crippen LogP contribution in [0.2, 0.25) is 0 Å². The Morgan fingerprint density at radius 2 is 1.72 bits per heavy atom. The lowest BCUT2D eigenvalue weighted by Gasteiger charge is -2.26. The van der Waals surface area contributed by atoms with E-state index in [2.05, 4.69) is 33.6 Å². The van der Waals surface area contributed by atoms with E-state index in [0.717, 1.165) is 59.7 Å². The number of aromatic nitrogens is 4. The minimum Gasteiger partial charge on any atom is -0.393 e. The van der Waals surface area contributed by atoms with Gasteiger partial charge in [-0.15, -0.1) is 0 Å². The van der Waals surface area contributed by atoms with E-state index < -0.39 is 0 Å². The Bertz CT molecular complexity index is 1120. The molecule has 0 saturated heterocycles. The van der Waals surface area contributed by atoms with Crippen molar-refractivity contribution in [2.75, 3.05) is 5.32 Å². The van der Waals surface area contributed by atoms with Gasteiger partial charge in [0.2, 0.25) is 0 Å². The molecule has 0 radical (unpaired) electrons. The van der Waals surface area contributed by atoms with Crippen LogP contribution in [-0.4, -0.2) is 36.8 Å². The van der Waals surface area contributed by atoms with E-state index in [-0.39, 0.29) is 6.10 Å². The highest BCUT2D eigenvalue weighted by molar-refractivity contribution is 5.78. The van der Waals surface area contributed by atoms with Gasteiger partial charge < -0.3 is 10.4 Å². The fraction of sp³-hybridized carbons (Fsp3) is 0.261. The molecule has 3 heterocycles. The summed E-state index contributed by atoms with van der Waals surface area (Å²) < 4.78 is 1.88. The molecule has 1 aromatic carbocycles. The summed E-state index contributed by atoms with van der Waals surface area (Å²) in [5.41, 5.74) is 4.75. The number of aliphatic hydroxyl groups is 1. The number of rotatable bonds is 4. The first kappa shape index (κ1) is 17.8. The molecule has 0 spiro atoms. The van der Waals surface area contributed by atoms with Gasteiger partial charge in [0.1, 0.15) is 5.69 Å². The molecular weight excluding hydrogens is 362 g/mol. The SMILES string of the molecule is OC1CCC(Nc2nc3cccnn3c2-c2ccnc(-c3ccccc3)c2)CC1. The lowest BCUT2D eigenvalue weighted by molar-refractivity contribution is 0.126. The molecule has 29 heavy (non-hydrogen) atoms. The van der Waals surface area contributed by atoms with Crippen LogP contribution in [0.5, 0.6) is 0 Å². The topological polar surface area (TPSA) is 75.3 Å². The molecule has 0 bridgehead atoms. The van der Waals surface area contributed by atoms with E-state index >= 15 is 0 Å². The third-order valence-electron chi connectivity index (χ3n) is 5.53. The van der Waals surface area contributed by atoms with E-state index in [4.69, 9.17) is 4.98 Å². The molecule has 1 saturated carbocycles. The van der Waals surface area contributed by atoms with Crippen molar-refractivity contribution in [1.82, 2.24) is 19.6 Å². The Labute approximate surface area is 169 Å². The van der Waals surface area contributed by atoms with Crippen LogP contribution in [0.25, 0.3) is 28.2 Å². The van der Waals surface area contributed by atoms with Crippen molar-refractivity contribution >= 4 is 11.5 Å². The Morgan fingerprint density at radius 3 is 2.55 bits per heavy atom. The Morgan fingerprint density at radius 1 is 0.897 bits per heavy atom. The third kappa shape index (κ3) is 3.59. The first-order chi connectivity index (χ1) is 14.3. The van der Waals surface area contributed by atoms with Crippen LogP contribution in [-0.2, 0) is 0 Å². The number of anilines is 1. The number of benzene rings is 1. The molecule has 2 N–H and O–H groups in total. The van der Waals surface area contributed by atoms with Gasteiger partial charge in [-0.3, -0.25) is 4.98 Å². The summed E-state index contributed by atoms with van der Waals surface area (Å²) in [6, 6.07) is 18.4. The zero-order valence-corrected chi connectivity index (χ0v) is 16.1. The molecule has 1 aliphatic rings. The predicted octanol–water partition coefficient (Wildman–Crippen LogP) is 4.17. The van der Waals surface area contributed by atoms with E-state index in [0.29, 0.717) is 6.04 Å². The summed E-state index contributed by atoms with van der Waals surface area (Å²) in [5, 5.41) is 18.0. The monoisotopic (exact) mass is 385 g/mol. The average Bonchev–Trinajstić information content (AvgIpc) is 3.14. The van der Waals surface area contributed by atoms with Crippen molar-refractivity contribution in [2.24, 2.45) is 0 Å². The molecule has 4 aromatic rings. The Kier molecular flexibility index (Phi) is 4.69. The minimum atomic E-state index is -0.177. The highest BCUT2D eigenvalue weighted by Crippen LogP contribution is 2.32. The van der Waals surface area contributed by atoms with Crippen LogP contribution < -0.4 is 5.32 Å². The molecule has 146 valence electrons. The summed E-state index contributed by atoms with van der Waals surface area (Å²) in [6.45, 7) is 0. The van der Waals surface area contributed by atoms with Gasteiger partial charge in [-0.2, -0.15) is 5.10 Å². The normalized spacial score (nSPS) is 19.3. The minimum absolute atomic E-state index is 0.177.